The number of anilines is 1. The second-order valence-electron chi connectivity index (χ2n) is 7.87. The van der Waals surface area contributed by atoms with Crippen molar-refractivity contribution in [2.24, 2.45) is 0 Å². The van der Waals surface area contributed by atoms with Gasteiger partial charge in [-0.05, 0) is 37.0 Å². The summed E-state index contributed by atoms with van der Waals surface area (Å²) < 4.78 is 7.44. The predicted molar refractivity (Wildman–Crippen MR) is 108 cm³/mol. The van der Waals surface area contributed by atoms with Gasteiger partial charge in [0.2, 0.25) is 11.3 Å². The fourth-order valence-electron chi connectivity index (χ4n) is 4.68. The Morgan fingerprint density at radius 2 is 2.04 bits per heavy atom. The second kappa shape index (κ2) is 7.41. The summed E-state index contributed by atoms with van der Waals surface area (Å²) in [4.78, 5) is 37.3. The molecule has 1 saturated carbocycles. The van der Waals surface area contributed by atoms with E-state index >= 15 is 0 Å². The summed E-state index contributed by atoms with van der Waals surface area (Å²) in [5.74, 6) is -0.425. The van der Waals surface area contributed by atoms with Gasteiger partial charge in [0.15, 0.2) is 0 Å². The Bertz CT molecular complexity index is 1010. The molecular weight excluding hydrogens is 356 g/mol. The number of nitrogens with zero attached hydrogens (tertiary/aromatic N) is 1. The highest BCUT2D eigenvalue weighted by Crippen LogP contribution is 2.49. The Balaban J connectivity index is 1.88. The topological polar surface area (TPSA) is 77.4 Å². The molecule has 28 heavy (non-hydrogen) atoms. The van der Waals surface area contributed by atoms with E-state index in [0.717, 1.165) is 49.6 Å². The van der Waals surface area contributed by atoms with E-state index in [1.54, 1.807) is 12.3 Å². The van der Waals surface area contributed by atoms with Crippen molar-refractivity contribution in [3.05, 3.63) is 39.7 Å². The SMILES string of the molecule is CCCCOC(=O)c1cn2c3c(cc(NC(C)=O)cc3c1=O)C1CCCCC12. The first-order chi connectivity index (χ1) is 13.5. The van der Waals surface area contributed by atoms with E-state index in [4.69, 9.17) is 4.74 Å². The quantitative estimate of drug-likeness (QED) is 0.623. The van der Waals surface area contributed by atoms with E-state index in [1.807, 2.05) is 13.0 Å². The summed E-state index contributed by atoms with van der Waals surface area (Å²) in [5.41, 5.74) is 2.39. The standard InChI is InChI=1S/C22H26N2O4/c1-3-4-9-28-22(27)18-12-24-19-8-6-5-7-15(19)16-10-14(23-13(2)25)11-17(20(16)24)21(18)26/h10-12,15,19H,3-9H2,1-2H3,(H,23,25). The number of carbonyl (C=O) groups excluding carboxylic acids is 2. The van der Waals surface area contributed by atoms with Gasteiger partial charge in [-0.1, -0.05) is 26.2 Å². The molecule has 0 radical (unpaired) electrons. The molecule has 0 spiro atoms. The molecule has 148 valence electrons. The Labute approximate surface area is 163 Å². The number of amides is 1. The summed E-state index contributed by atoms with van der Waals surface area (Å²) in [5, 5.41) is 3.29. The molecule has 4 rings (SSSR count). The first kappa shape index (κ1) is 18.7. The largest absolute Gasteiger partial charge is 0.462 e. The summed E-state index contributed by atoms with van der Waals surface area (Å²) in [6.07, 6.45) is 7.76. The fourth-order valence-corrected chi connectivity index (χ4v) is 4.68. The maximum Gasteiger partial charge on any atom is 0.343 e. The molecule has 1 aromatic carbocycles. The van der Waals surface area contributed by atoms with E-state index in [2.05, 4.69) is 9.88 Å². The number of carbonyl (C=O) groups is 2. The van der Waals surface area contributed by atoms with Crippen molar-refractivity contribution in [1.82, 2.24) is 4.57 Å². The molecule has 1 aliphatic heterocycles. The van der Waals surface area contributed by atoms with E-state index in [-0.39, 0.29) is 22.9 Å². The van der Waals surface area contributed by atoms with Crippen LogP contribution in [0.3, 0.4) is 0 Å². The maximum atomic E-state index is 13.2. The first-order valence-corrected chi connectivity index (χ1v) is 10.2. The van der Waals surface area contributed by atoms with E-state index in [9.17, 15) is 14.4 Å². The highest BCUT2D eigenvalue weighted by molar-refractivity contribution is 5.98. The predicted octanol–water partition coefficient (Wildman–Crippen LogP) is 4.13. The lowest BCUT2D eigenvalue weighted by atomic mass is 9.82. The van der Waals surface area contributed by atoms with Gasteiger partial charge in [-0.25, -0.2) is 4.79 Å². The Hall–Kier alpha value is -2.63. The van der Waals surface area contributed by atoms with Gasteiger partial charge in [-0.3, -0.25) is 9.59 Å². The number of pyridine rings is 1. The molecule has 1 aliphatic carbocycles. The Morgan fingerprint density at radius 3 is 2.79 bits per heavy atom. The van der Waals surface area contributed by atoms with Crippen LogP contribution in [0.25, 0.3) is 10.9 Å². The van der Waals surface area contributed by atoms with E-state index in [1.165, 1.54) is 6.92 Å². The zero-order valence-corrected chi connectivity index (χ0v) is 16.4. The van der Waals surface area contributed by atoms with Crippen molar-refractivity contribution in [3.63, 3.8) is 0 Å². The normalized spacial score (nSPS) is 20.1. The molecule has 6 nitrogen and oxygen atoms in total. The van der Waals surface area contributed by atoms with Crippen LogP contribution < -0.4 is 10.7 Å². The summed E-state index contributed by atoms with van der Waals surface area (Å²) in [6, 6.07) is 3.94. The zero-order valence-electron chi connectivity index (χ0n) is 16.4. The number of hydrogen-bond acceptors (Lipinski definition) is 4. The monoisotopic (exact) mass is 382 g/mol. The second-order valence-corrected chi connectivity index (χ2v) is 7.87. The van der Waals surface area contributed by atoms with Crippen molar-refractivity contribution in [3.8, 4) is 0 Å². The van der Waals surface area contributed by atoms with Gasteiger partial charge in [0.1, 0.15) is 5.56 Å². The third kappa shape index (κ3) is 3.11. The number of benzene rings is 1. The molecule has 0 bridgehead atoms. The average Bonchev–Trinajstić information content (AvgIpc) is 2.98. The number of aromatic nitrogens is 1. The van der Waals surface area contributed by atoms with Gasteiger partial charge in [0.25, 0.3) is 0 Å². The lowest BCUT2D eigenvalue weighted by Gasteiger charge is -2.27. The van der Waals surface area contributed by atoms with Crippen LogP contribution in [0, 0.1) is 0 Å². The lowest BCUT2D eigenvalue weighted by Crippen LogP contribution is -2.22. The average molecular weight is 382 g/mol. The minimum Gasteiger partial charge on any atom is -0.462 e. The number of rotatable bonds is 5. The molecule has 1 aromatic heterocycles. The van der Waals surface area contributed by atoms with Crippen LogP contribution in [0.4, 0.5) is 5.69 Å². The minimum absolute atomic E-state index is 0.0840. The van der Waals surface area contributed by atoms with Crippen LogP contribution in [-0.2, 0) is 9.53 Å². The third-order valence-corrected chi connectivity index (χ3v) is 5.91. The molecule has 2 unspecified atom stereocenters. The highest BCUT2D eigenvalue weighted by atomic mass is 16.5. The van der Waals surface area contributed by atoms with Crippen LogP contribution in [0.2, 0.25) is 0 Å². The van der Waals surface area contributed by atoms with Gasteiger partial charge in [-0.2, -0.15) is 0 Å². The van der Waals surface area contributed by atoms with Gasteiger partial charge < -0.3 is 14.6 Å². The number of esters is 1. The summed E-state index contributed by atoms with van der Waals surface area (Å²) in [6.45, 7) is 3.79. The fraction of sp³-hybridized carbons (Fsp3) is 0.500. The Kier molecular flexibility index (Phi) is 4.96. The molecule has 1 N–H and O–H groups in total. The van der Waals surface area contributed by atoms with Crippen molar-refractivity contribution in [1.29, 1.82) is 0 Å². The molecule has 0 saturated heterocycles. The number of nitrogens with one attached hydrogen (secondary N) is 1. The zero-order chi connectivity index (χ0) is 19.8. The third-order valence-electron chi connectivity index (χ3n) is 5.91. The van der Waals surface area contributed by atoms with Crippen LogP contribution >= 0.6 is 0 Å². The van der Waals surface area contributed by atoms with Gasteiger partial charge in [0, 0.05) is 36.2 Å². The highest BCUT2D eigenvalue weighted by Gasteiger charge is 2.37. The number of hydrogen-bond donors (Lipinski definition) is 1. The number of fused-ring (bicyclic) bond motifs is 3. The number of unbranched alkanes of at least 4 members (excludes halogenated alkanes) is 1. The molecule has 1 fully saturated rings. The molecule has 2 aromatic rings. The van der Waals surface area contributed by atoms with Crippen molar-refractivity contribution < 1.29 is 14.3 Å². The van der Waals surface area contributed by atoms with Gasteiger partial charge >= 0.3 is 5.97 Å². The molecule has 2 atom stereocenters. The van der Waals surface area contributed by atoms with Crippen LogP contribution in [0.1, 0.15) is 80.3 Å². The van der Waals surface area contributed by atoms with Crippen molar-refractivity contribution in [2.45, 2.75) is 64.3 Å². The Morgan fingerprint density at radius 1 is 1.25 bits per heavy atom. The molecule has 2 heterocycles. The van der Waals surface area contributed by atoms with E-state index < -0.39 is 5.97 Å². The summed E-state index contributed by atoms with van der Waals surface area (Å²) >= 11 is 0. The van der Waals surface area contributed by atoms with Crippen molar-refractivity contribution in [2.75, 3.05) is 11.9 Å². The lowest BCUT2D eigenvalue weighted by molar-refractivity contribution is -0.114. The smallest absolute Gasteiger partial charge is 0.343 e. The van der Waals surface area contributed by atoms with Gasteiger partial charge in [-0.15, -0.1) is 0 Å². The van der Waals surface area contributed by atoms with Crippen LogP contribution in [-0.4, -0.2) is 23.1 Å². The minimum atomic E-state index is -0.560. The van der Waals surface area contributed by atoms with E-state index in [0.29, 0.717) is 23.6 Å². The van der Waals surface area contributed by atoms with Crippen LogP contribution in [0.5, 0.6) is 0 Å². The van der Waals surface area contributed by atoms with Gasteiger partial charge in [0.05, 0.1) is 12.1 Å². The first-order valence-electron chi connectivity index (χ1n) is 10.2. The molecular formula is C22H26N2O4. The van der Waals surface area contributed by atoms with Crippen molar-refractivity contribution >= 4 is 28.5 Å². The summed E-state index contributed by atoms with van der Waals surface area (Å²) in [7, 11) is 0. The molecule has 2 aliphatic rings. The van der Waals surface area contributed by atoms with Crippen LogP contribution in [0.15, 0.2) is 23.1 Å². The number of ether oxygens (including phenoxy) is 1. The maximum absolute atomic E-state index is 13.2. The molecule has 6 heteroatoms. The molecule has 1 amide bonds.